The molecule has 6 nitrogen and oxygen atoms in total. The van der Waals surface area contributed by atoms with E-state index in [2.05, 4.69) is 9.97 Å². The molecule has 1 saturated carbocycles. The first-order chi connectivity index (χ1) is 9.19. The highest BCUT2D eigenvalue weighted by Gasteiger charge is 2.24. The molecule has 0 radical (unpaired) electrons. The summed E-state index contributed by atoms with van der Waals surface area (Å²) in [5.41, 5.74) is 7.56. The number of nitrogens with two attached hydrogens (primary N) is 1. The highest BCUT2D eigenvalue weighted by Crippen LogP contribution is 2.33. The maximum absolute atomic E-state index is 9.60. The molecule has 6 heteroatoms. The number of fused-ring (bicyclic) bond motifs is 1. The minimum absolute atomic E-state index is 0.185. The van der Waals surface area contributed by atoms with Crippen LogP contribution in [-0.2, 0) is 0 Å². The van der Waals surface area contributed by atoms with Gasteiger partial charge in [0.15, 0.2) is 5.65 Å². The minimum atomic E-state index is -0.185. The summed E-state index contributed by atoms with van der Waals surface area (Å²) < 4.78 is 7.13. The number of rotatable bonds is 2. The molecule has 1 aliphatic rings. The number of nitrogen functional groups attached to an aromatic ring is 1. The zero-order chi connectivity index (χ0) is 13.4. The monoisotopic (exact) mass is 262 g/mol. The molecule has 0 spiro atoms. The zero-order valence-corrected chi connectivity index (χ0v) is 10.9. The Bertz CT molecular complexity index is 588. The van der Waals surface area contributed by atoms with Crippen molar-refractivity contribution in [2.75, 3.05) is 12.8 Å². The number of hydrogen-bond donors (Lipinski definition) is 2. The Balaban J connectivity index is 2.04. The van der Waals surface area contributed by atoms with Gasteiger partial charge < -0.3 is 15.6 Å². The summed E-state index contributed by atoms with van der Waals surface area (Å²) >= 11 is 0. The summed E-state index contributed by atoms with van der Waals surface area (Å²) in [5.74, 6) is 1.04. The third-order valence-corrected chi connectivity index (χ3v) is 3.78. The molecular formula is C13H18N4O2. The molecule has 2 heterocycles. The molecule has 0 aromatic carbocycles. The third-order valence-electron chi connectivity index (χ3n) is 3.78. The van der Waals surface area contributed by atoms with Crippen LogP contribution in [0.25, 0.3) is 11.2 Å². The van der Waals surface area contributed by atoms with Crippen molar-refractivity contribution in [2.45, 2.75) is 37.8 Å². The van der Waals surface area contributed by atoms with Crippen LogP contribution in [0.3, 0.4) is 0 Å². The quantitative estimate of drug-likeness (QED) is 0.856. The van der Waals surface area contributed by atoms with Crippen molar-refractivity contribution in [1.29, 1.82) is 0 Å². The number of aliphatic hydroxyl groups is 1. The SMILES string of the molecule is COc1ccc2nc(N)n(C3CCC(O)CC3)c2n1. The normalized spacial score (nSPS) is 23.7. The van der Waals surface area contributed by atoms with Crippen molar-refractivity contribution in [3.63, 3.8) is 0 Å². The van der Waals surface area contributed by atoms with Crippen molar-refractivity contribution in [3.8, 4) is 5.88 Å². The van der Waals surface area contributed by atoms with Gasteiger partial charge in [0, 0.05) is 12.1 Å². The fourth-order valence-corrected chi connectivity index (χ4v) is 2.76. The number of methoxy groups -OCH3 is 1. The number of imidazole rings is 1. The second-order valence-corrected chi connectivity index (χ2v) is 5.00. The lowest BCUT2D eigenvalue weighted by Crippen LogP contribution is -2.22. The van der Waals surface area contributed by atoms with Crippen LogP contribution < -0.4 is 10.5 Å². The number of aliphatic hydroxyl groups excluding tert-OH is 1. The van der Waals surface area contributed by atoms with Gasteiger partial charge in [0.25, 0.3) is 0 Å². The highest BCUT2D eigenvalue weighted by atomic mass is 16.5. The Morgan fingerprint density at radius 3 is 2.68 bits per heavy atom. The molecule has 0 aliphatic heterocycles. The summed E-state index contributed by atoms with van der Waals surface area (Å²) in [6, 6.07) is 3.91. The van der Waals surface area contributed by atoms with Gasteiger partial charge >= 0.3 is 0 Å². The van der Waals surface area contributed by atoms with Crippen LogP contribution in [0.4, 0.5) is 5.95 Å². The van der Waals surface area contributed by atoms with Gasteiger partial charge in [0.2, 0.25) is 11.8 Å². The molecule has 0 amide bonds. The summed E-state index contributed by atoms with van der Waals surface area (Å²) in [7, 11) is 1.59. The van der Waals surface area contributed by atoms with Gasteiger partial charge in [-0.15, -0.1) is 0 Å². The molecule has 2 aromatic heterocycles. The van der Waals surface area contributed by atoms with Gasteiger partial charge in [-0.2, -0.15) is 4.98 Å². The van der Waals surface area contributed by atoms with E-state index in [9.17, 15) is 5.11 Å². The zero-order valence-electron chi connectivity index (χ0n) is 10.9. The third kappa shape index (κ3) is 2.12. The lowest BCUT2D eigenvalue weighted by molar-refractivity contribution is 0.112. The summed E-state index contributed by atoms with van der Waals surface area (Å²) in [4.78, 5) is 8.79. The molecule has 1 fully saturated rings. The fourth-order valence-electron chi connectivity index (χ4n) is 2.76. The molecular weight excluding hydrogens is 244 g/mol. The summed E-state index contributed by atoms with van der Waals surface area (Å²) in [5, 5.41) is 9.60. The molecule has 0 atom stereocenters. The summed E-state index contributed by atoms with van der Waals surface area (Å²) in [6.45, 7) is 0. The summed E-state index contributed by atoms with van der Waals surface area (Å²) in [6.07, 6.45) is 3.21. The maximum atomic E-state index is 9.60. The maximum Gasteiger partial charge on any atom is 0.215 e. The lowest BCUT2D eigenvalue weighted by atomic mass is 9.93. The first-order valence-corrected chi connectivity index (χ1v) is 6.55. The van der Waals surface area contributed by atoms with E-state index >= 15 is 0 Å². The topological polar surface area (TPSA) is 86.2 Å². The molecule has 3 N–H and O–H groups in total. The second-order valence-electron chi connectivity index (χ2n) is 5.00. The van der Waals surface area contributed by atoms with E-state index in [0.717, 1.165) is 36.8 Å². The van der Waals surface area contributed by atoms with Gasteiger partial charge in [0.1, 0.15) is 5.52 Å². The van der Waals surface area contributed by atoms with Crippen LogP contribution in [0.1, 0.15) is 31.7 Å². The molecule has 1 aliphatic carbocycles. The lowest BCUT2D eigenvalue weighted by Gasteiger charge is -2.27. The standard InChI is InChI=1S/C13H18N4O2/c1-19-11-7-6-10-12(16-11)17(13(14)15-10)8-2-4-9(18)5-3-8/h6-9,18H,2-5H2,1H3,(H2,14,15). The van der Waals surface area contributed by atoms with Crippen LogP contribution in [0, 0.1) is 0 Å². The Labute approximate surface area is 111 Å². The smallest absolute Gasteiger partial charge is 0.215 e. The van der Waals surface area contributed by atoms with Gasteiger partial charge in [-0.05, 0) is 31.7 Å². The Hall–Kier alpha value is -1.82. The number of nitrogens with zero attached hydrogens (tertiary/aromatic N) is 3. The first-order valence-electron chi connectivity index (χ1n) is 6.55. The predicted octanol–water partition coefficient (Wildman–Crippen LogP) is 1.50. The van der Waals surface area contributed by atoms with Gasteiger partial charge in [-0.1, -0.05) is 0 Å². The number of anilines is 1. The van der Waals surface area contributed by atoms with Crippen molar-refractivity contribution in [2.24, 2.45) is 0 Å². The van der Waals surface area contributed by atoms with Crippen LogP contribution in [0.15, 0.2) is 12.1 Å². The van der Waals surface area contributed by atoms with E-state index in [4.69, 9.17) is 10.5 Å². The molecule has 19 heavy (non-hydrogen) atoms. The van der Waals surface area contributed by atoms with Gasteiger partial charge in [-0.3, -0.25) is 4.57 Å². The van der Waals surface area contributed by atoms with E-state index in [1.54, 1.807) is 13.2 Å². The van der Waals surface area contributed by atoms with Crippen LogP contribution >= 0.6 is 0 Å². The fraction of sp³-hybridized carbons (Fsp3) is 0.538. The molecule has 0 unspecified atom stereocenters. The largest absolute Gasteiger partial charge is 0.481 e. The van der Waals surface area contributed by atoms with E-state index in [-0.39, 0.29) is 12.1 Å². The Morgan fingerprint density at radius 1 is 1.26 bits per heavy atom. The Morgan fingerprint density at radius 2 is 2.00 bits per heavy atom. The first kappa shape index (κ1) is 12.2. The molecule has 102 valence electrons. The number of pyridine rings is 1. The van der Waals surface area contributed by atoms with E-state index in [1.807, 2.05) is 10.6 Å². The van der Waals surface area contributed by atoms with Crippen molar-refractivity contribution >= 4 is 17.1 Å². The van der Waals surface area contributed by atoms with Crippen molar-refractivity contribution in [3.05, 3.63) is 12.1 Å². The van der Waals surface area contributed by atoms with E-state index < -0.39 is 0 Å². The highest BCUT2D eigenvalue weighted by molar-refractivity contribution is 5.75. The van der Waals surface area contributed by atoms with Gasteiger partial charge in [0.05, 0.1) is 13.2 Å². The van der Waals surface area contributed by atoms with Gasteiger partial charge in [-0.25, -0.2) is 4.98 Å². The number of aromatic nitrogens is 3. The number of hydrogen-bond acceptors (Lipinski definition) is 5. The van der Waals surface area contributed by atoms with E-state index in [1.165, 1.54) is 0 Å². The Kier molecular flexibility index (Phi) is 3.02. The second kappa shape index (κ2) is 4.70. The van der Waals surface area contributed by atoms with E-state index in [0.29, 0.717) is 11.8 Å². The van der Waals surface area contributed by atoms with Crippen LogP contribution in [-0.4, -0.2) is 32.9 Å². The van der Waals surface area contributed by atoms with Crippen molar-refractivity contribution < 1.29 is 9.84 Å². The molecule has 0 bridgehead atoms. The minimum Gasteiger partial charge on any atom is -0.481 e. The molecule has 0 saturated heterocycles. The average molecular weight is 262 g/mol. The molecule has 2 aromatic rings. The van der Waals surface area contributed by atoms with Crippen molar-refractivity contribution in [1.82, 2.24) is 14.5 Å². The average Bonchev–Trinajstić information content (AvgIpc) is 2.75. The number of ether oxygens (including phenoxy) is 1. The van der Waals surface area contributed by atoms with Crippen LogP contribution in [0.5, 0.6) is 5.88 Å². The predicted molar refractivity (Wildman–Crippen MR) is 72.0 cm³/mol. The van der Waals surface area contributed by atoms with Crippen LogP contribution in [0.2, 0.25) is 0 Å². The molecule has 3 rings (SSSR count).